The highest BCUT2D eigenvalue weighted by Crippen LogP contribution is 2.58. The first-order valence-corrected chi connectivity index (χ1v) is 15.1. The average Bonchev–Trinajstić information content (AvgIpc) is 3.27. The molecule has 220 valence electrons. The van der Waals surface area contributed by atoms with Crippen LogP contribution >= 0.6 is 0 Å². The van der Waals surface area contributed by atoms with Gasteiger partial charge in [-0.1, -0.05) is 56.3 Å². The van der Waals surface area contributed by atoms with E-state index >= 15 is 0 Å². The summed E-state index contributed by atoms with van der Waals surface area (Å²) in [6, 6.07) is 24.4. The Bertz CT molecular complexity index is 1980. The molecule has 0 aromatic heterocycles. The van der Waals surface area contributed by atoms with E-state index in [2.05, 4.69) is 54.4 Å². The molecule has 0 saturated carbocycles. The lowest BCUT2D eigenvalue weighted by molar-refractivity contribution is 0.163. The molecule has 44 heavy (non-hydrogen) atoms. The largest absolute Gasteiger partial charge is 0.472 e. The van der Waals surface area contributed by atoms with Crippen LogP contribution in [0.2, 0.25) is 0 Å². The first-order valence-electron chi connectivity index (χ1n) is 15.1. The van der Waals surface area contributed by atoms with Crippen molar-refractivity contribution in [2.75, 3.05) is 31.1 Å². The number of halogens is 3. The minimum Gasteiger partial charge on any atom is -0.472 e. The van der Waals surface area contributed by atoms with Gasteiger partial charge in [0.05, 0.1) is 0 Å². The average molecular weight is 589 g/mol. The fourth-order valence-corrected chi connectivity index (χ4v) is 7.45. The molecule has 1 unspecified atom stereocenters. The third-order valence-electron chi connectivity index (χ3n) is 9.61. The van der Waals surface area contributed by atoms with Crippen molar-refractivity contribution in [2.45, 2.75) is 24.9 Å². The van der Waals surface area contributed by atoms with Gasteiger partial charge in [-0.2, -0.15) is 0 Å². The molecule has 1 saturated heterocycles. The number of nitrogens with zero attached hydrogens (tertiary/aromatic N) is 1. The van der Waals surface area contributed by atoms with E-state index in [1.54, 1.807) is 24.3 Å². The molecule has 2 aliphatic heterocycles. The van der Waals surface area contributed by atoms with E-state index in [0.29, 0.717) is 11.1 Å². The van der Waals surface area contributed by atoms with Gasteiger partial charge in [0.1, 0.15) is 23.2 Å². The predicted octanol–water partition coefficient (Wildman–Crippen LogP) is 8.32. The van der Waals surface area contributed by atoms with E-state index in [9.17, 15) is 13.2 Å². The van der Waals surface area contributed by atoms with Crippen molar-refractivity contribution in [3.8, 4) is 16.9 Å². The number of hydrogen-bond donors (Lipinski definition) is 1. The maximum atomic E-state index is 15.0. The topological polar surface area (TPSA) is 24.5 Å². The second kappa shape index (κ2) is 9.73. The number of anilines is 1. The summed E-state index contributed by atoms with van der Waals surface area (Å²) in [6.07, 6.45) is 4.08. The number of hydrogen-bond acceptors (Lipinski definition) is 3. The Kier molecular flexibility index (Phi) is 5.98. The van der Waals surface area contributed by atoms with Crippen LogP contribution in [0.4, 0.5) is 18.9 Å². The molecular formula is C38H31F3N2O. The summed E-state index contributed by atoms with van der Waals surface area (Å²) >= 11 is 0. The van der Waals surface area contributed by atoms with Crippen LogP contribution in [0.5, 0.6) is 5.75 Å². The first kappa shape index (κ1) is 27.0. The summed E-state index contributed by atoms with van der Waals surface area (Å²) < 4.78 is 50.9. The highest BCUT2D eigenvalue weighted by Gasteiger charge is 2.44. The van der Waals surface area contributed by atoms with Gasteiger partial charge in [0.2, 0.25) is 0 Å². The maximum absolute atomic E-state index is 15.0. The maximum Gasteiger partial charge on any atom is 0.178 e. The standard InChI is InChI=1S/C38H31F3N2O/c1-37(2)33-22-27(41)10-14-30(33)34-29-13-9-26(40)21-32(29)36-31(35(34)37)15-16-38(44-36,23-3-7-25(39)8-4-23)24-5-11-28(12-6-24)43-19-17-42-18-20-43/h3-16,21-22,42H,17-20H2,1-2H3. The Morgan fingerprint density at radius 3 is 2.09 bits per heavy atom. The zero-order valence-electron chi connectivity index (χ0n) is 24.6. The summed E-state index contributed by atoms with van der Waals surface area (Å²) in [5.74, 6) is -0.449. The highest BCUT2D eigenvalue weighted by atomic mass is 19.1. The predicted molar refractivity (Wildman–Crippen MR) is 170 cm³/mol. The van der Waals surface area contributed by atoms with Crippen molar-refractivity contribution in [1.82, 2.24) is 5.32 Å². The van der Waals surface area contributed by atoms with Gasteiger partial charge in [-0.05, 0) is 82.2 Å². The second-order valence-corrected chi connectivity index (χ2v) is 12.5. The summed E-state index contributed by atoms with van der Waals surface area (Å²) in [7, 11) is 0. The minimum absolute atomic E-state index is 0.291. The number of benzene rings is 5. The van der Waals surface area contributed by atoms with Gasteiger partial charge in [0, 0.05) is 59.4 Å². The second-order valence-electron chi connectivity index (χ2n) is 12.5. The van der Waals surface area contributed by atoms with E-state index < -0.39 is 11.0 Å². The fourth-order valence-electron chi connectivity index (χ4n) is 7.45. The van der Waals surface area contributed by atoms with Crippen molar-refractivity contribution in [3.05, 3.63) is 136 Å². The molecule has 1 atom stereocenters. The number of ether oxygens (including phenoxy) is 1. The molecule has 0 radical (unpaired) electrons. The van der Waals surface area contributed by atoms with E-state index in [4.69, 9.17) is 4.74 Å². The molecular weight excluding hydrogens is 557 g/mol. The molecule has 2 heterocycles. The monoisotopic (exact) mass is 588 g/mol. The van der Waals surface area contributed by atoms with Gasteiger partial charge in [-0.3, -0.25) is 0 Å². The molecule has 3 nitrogen and oxygen atoms in total. The first-order chi connectivity index (χ1) is 21.3. The van der Waals surface area contributed by atoms with Crippen LogP contribution in [-0.2, 0) is 11.0 Å². The van der Waals surface area contributed by atoms with Gasteiger partial charge in [0.15, 0.2) is 5.60 Å². The van der Waals surface area contributed by atoms with Crippen LogP contribution < -0.4 is 15.0 Å². The number of fused-ring (bicyclic) bond motifs is 8. The Balaban J connectivity index is 1.37. The third kappa shape index (κ3) is 3.93. The van der Waals surface area contributed by atoms with Crippen LogP contribution in [0.25, 0.3) is 28.0 Å². The molecule has 1 fully saturated rings. The molecule has 0 spiro atoms. The van der Waals surface area contributed by atoms with Gasteiger partial charge >= 0.3 is 0 Å². The van der Waals surface area contributed by atoms with E-state index in [1.807, 2.05) is 12.1 Å². The quantitative estimate of drug-likeness (QED) is 0.229. The molecule has 5 aromatic carbocycles. The van der Waals surface area contributed by atoms with E-state index in [0.717, 1.165) is 76.2 Å². The van der Waals surface area contributed by atoms with Crippen LogP contribution in [0.15, 0.2) is 91.0 Å². The number of piperazine rings is 1. The van der Waals surface area contributed by atoms with Crippen molar-refractivity contribution < 1.29 is 17.9 Å². The van der Waals surface area contributed by atoms with Gasteiger partial charge in [-0.25, -0.2) is 13.2 Å². The summed E-state index contributed by atoms with van der Waals surface area (Å²) in [5.41, 5.74) is 5.79. The summed E-state index contributed by atoms with van der Waals surface area (Å²) in [4.78, 5) is 2.35. The highest BCUT2D eigenvalue weighted by molar-refractivity contribution is 6.08. The van der Waals surface area contributed by atoms with Crippen molar-refractivity contribution in [3.63, 3.8) is 0 Å². The lowest BCUT2D eigenvalue weighted by atomic mass is 9.76. The smallest absolute Gasteiger partial charge is 0.178 e. The molecule has 1 N–H and O–H groups in total. The molecule has 6 heteroatoms. The molecule has 5 aromatic rings. The minimum atomic E-state index is -1.10. The van der Waals surface area contributed by atoms with Crippen molar-refractivity contribution >= 4 is 22.5 Å². The normalized spacial score (nSPS) is 19.8. The zero-order chi connectivity index (χ0) is 30.2. The molecule has 3 aliphatic rings. The fraction of sp³-hybridized carbons (Fsp3) is 0.211. The summed E-state index contributed by atoms with van der Waals surface area (Å²) in [6.45, 7) is 7.91. The van der Waals surface area contributed by atoms with Crippen molar-refractivity contribution in [1.29, 1.82) is 0 Å². The molecule has 0 amide bonds. The molecule has 0 bridgehead atoms. The lowest BCUT2D eigenvalue weighted by Crippen LogP contribution is -2.43. The van der Waals surface area contributed by atoms with E-state index in [-0.39, 0.29) is 17.5 Å². The number of nitrogens with one attached hydrogen (secondary N) is 1. The van der Waals surface area contributed by atoms with Crippen LogP contribution in [-0.4, -0.2) is 26.2 Å². The Labute approximate surface area is 254 Å². The SMILES string of the molecule is CC1(C)c2cc(F)ccc2-c2c1c1c(c3cc(F)ccc23)OC(c2ccc(F)cc2)(c2ccc(N3CCNCC3)cc2)C=C1. The third-order valence-corrected chi connectivity index (χ3v) is 9.61. The van der Waals surface area contributed by atoms with Gasteiger partial charge < -0.3 is 15.0 Å². The molecule has 1 aliphatic carbocycles. The van der Waals surface area contributed by atoms with Crippen LogP contribution in [0, 0.1) is 17.5 Å². The van der Waals surface area contributed by atoms with Crippen LogP contribution in [0.3, 0.4) is 0 Å². The van der Waals surface area contributed by atoms with Gasteiger partial charge in [-0.15, -0.1) is 0 Å². The van der Waals surface area contributed by atoms with Crippen molar-refractivity contribution in [2.24, 2.45) is 0 Å². The zero-order valence-corrected chi connectivity index (χ0v) is 24.6. The lowest BCUT2D eigenvalue weighted by Gasteiger charge is -2.38. The molecule has 8 rings (SSSR count). The Morgan fingerprint density at radius 2 is 1.36 bits per heavy atom. The Morgan fingerprint density at radius 1 is 0.727 bits per heavy atom. The Hall–Kier alpha value is -4.55. The van der Waals surface area contributed by atoms with Crippen LogP contribution in [0.1, 0.15) is 41.7 Å². The summed E-state index contributed by atoms with van der Waals surface area (Å²) in [5, 5.41) is 4.88. The number of rotatable bonds is 3. The van der Waals surface area contributed by atoms with Gasteiger partial charge in [0.25, 0.3) is 0 Å². The van der Waals surface area contributed by atoms with E-state index in [1.165, 1.54) is 30.3 Å².